The van der Waals surface area contributed by atoms with Crippen molar-refractivity contribution in [1.29, 1.82) is 0 Å². The molecule has 1 aliphatic heterocycles. The molecule has 0 spiro atoms. The van der Waals surface area contributed by atoms with Gasteiger partial charge in [0.15, 0.2) is 6.29 Å². The molecule has 0 bridgehead atoms. The van der Waals surface area contributed by atoms with Crippen molar-refractivity contribution < 1.29 is 14.3 Å². The minimum absolute atomic E-state index is 0.0790. The maximum atomic E-state index is 12.8. The standard InChI is InChI=1S/C19H21N3O3/c23-19(22(17-4-5-17)13-14-6-8-20-9-7-14)21-16-3-1-2-15(12-16)18-24-10-11-25-18/h1-3,6-9,12,17-18H,4-5,10-11,13H2,(H,21,23). The van der Waals surface area contributed by atoms with Gasteiger partial charge in [-0.15, -0.1) is 0 Å². The highest BCUT2D eigenvalue weighted by Gasteiger charge is 2.32. The topological polar surface area (TPSA) is 63.7 Å². The summed E-state index contributed by atoms with van der Waals surface area (Å²) >= 11 is 0. The second-order valence-electron chi connectivity index (χ2n) is 6.34. The van der Waals surface area contributed by atoms with E-state index in [2.05, 4.69) is 10.3 Å². The van der Waals surface area contributed by atoms with Gasteiger partial charge in [0, 0.05) is 36.2 Å². The monoisotopic (exact) mass is 339 g/mol. The third kappa shape index (κ3) is 3.97. The Morgan fingerprint density at radius 2 is 1.92 bits per heavy atom. The van der Waals surface area contributed by atoms with Gasteiger partial charge in [0.2, 0.25) is 0 Å². The van der Waals surface area contributed by atoms with Crippen LogP contribution in [0.4, 0.5) is 10.5 Å². The van der Waals surface area contributed by atoms with E-state index in [0.29, 0.717) is 25.8 Å². The van der Waals surface area contributed by atoms with Crippen LogP contribution in [-0.2, 0) is 16.0 Å². The number of aromatic nitrogens is 1. The third-order valence-electron chi connectivity index (χ3n) is 4.38. The molecule has 0 radical (unpaired) electrons. The Labute approximate surface area is 146 Å². The van der Waals surface area contributed by atoms with Crippen molar-refractivity contribution in [1.82, 2.24) is 9.88 Å². The van der Waals surface area contributed by atoms with E-state index in [1.54, 1.807) is 12.4 Å². The fourth-order valence-corrected chi connectivity index (χ4v) is 2.95. The summed E-state index contributed by atoms with van der Waals surface area (Å²) in [5.74, 6) is 0. The van der Waals surface area contributed by atoms with E-state index in [1.165, 1.54) is 0 Å². The average Bonchev–Trinajstić information content (AvgIpc) is 3.33. The third-order valence-corrected chi connectivity index (χ3v) is 4.38. The lowest BCUT2D eigenvalue weighted by Crippen LogP contribution is -2.36. The SMILES string of the molecule is O=C(Nc1cccc(C2OCCO2)c1)N(Cc1ccncc1)C1CC1. The number of carbonyl (C=O) groups excluding carboxylic acids is 1. The van der Waals surface area contributed by atoms with Crippen molar-refractivity contribution in [2.24, 2.45) is 0 Å². The van der Waals surface area contributed by atoms with Gasteiger partial charge in [-0.2, -0.15) is 0 Å². The first kappa shape index (κ1) is 16.1. The molecule has 1 saturated carbocycles. The highest BCUT2D eigenvalue weighted by Crippen LogP contribution is 2.30. The van der Waals surface area contributed by atoms with Crippen LogP contribution in [0.2, 0.25) is 0 Å². The molecule has 2 aromatic rings. The number of carbonyl (C=O) groups is 1. The molecule has 6 nitrogen and oxygen atoms in total. The molecule has 0 atom stereocenters. The van der Waals surface area contributed by atoms with Crippen molar-refractivity contribution in [3.8, 4) is 0 Å². The molecule has 2 heterocycles. The molecule has 2 aliphatic rings. The van der Waals surface area contributed by atoms with Crippen molar-refractivity contribution >= 4 is 11.7 Å². The van der Waals surface area contributed by atoms with E-state index in [0.717, 1.165) is 29.7 Å². The fraction of sp³-hybridized carbons (Fsp3) is 0.368. The average molecular weight is 339 g/mol. The van der Waals surface area contributed by atoms with E-state index in [1.807, 2.05) is 41.3 Å². The van der Waals surface area contributed by atoms with E-state index >= 15 is 0 Å². The van der Waals surface area contributed by atoms with Crippen LogP contribution < -0.4 is 5.32 Å². The molecular weight excluding hydrogens is 318 g/mol. The lowest BCUT2D eigenvalue weighted by atomic mass is 10.2. The summed E-state index contributed by atoms with van der Waals surface area (Å²) < 4.78 is 11.0. The smallest absolute Gasteiger partial charge is 0.322 e. The second-order valence-corrected chi connectivity index (χ2v) is 6.34. The van der Waals surface area contributed by atoms with E-state index in [-0.39, 0.29) is 12.3 Å². The van der Waals surface area contributed by atoms with Gasteiger partial charge in [-0.1, -0.05) is 12.1 Å². The van der Waals surface area contributed by atoms with Gasteiger partial charge in [-0.05, 0) is 42.7 Å². The predicted molar refractivity (Wildman–Crippen MR) is 92.9 cm³/mol. The first-order valence-electron chi connectivity index (χ1n) is 8.59. The zero-order valence-corrected chi connectivity index (χ0v) is 13.9. The second kappa shape index (κ2) is 7.21. The van der Waals surface area contributed by atoms with Crippen LogP contribution in [-0.4, -0.2) is 35.2 Å². The fourth-order valence-electron chi connectivity index (χ4n) is 2.95. The number of amides is 2. The van der Waals surface area contributed by atoms with Gasteiger partial charge >= 0.3 is 6.03 Å². The molecule has 6 heteroatoms. The normalized spacial score (nSPS) is 17.4. The van der Waals surface area contributed by atoms with E-state index in [4.69, 9.17) is 9.47 Å². The van der Waals surface area contributed by atoms with Crippen LogP contribution in [0.15, 0.2) is 48.8 Å². The quantitative estimate of drug-likeness (QED) is 0.907. The Kier molecular flexibility index (Phi) is 4.63. The minimum atomic E-state index is -0.340. The van der Waals surface area contributed by atoms with Crippen LogP contribution in [0, 0.1) is 0 Å². The first-order valence-corrected chi connectivity index (χ1v) is 8.59. The summed E-state index contributed by atoms with van der Waals surface area (Å²) in [7, 11) is 0. The highest BCUT2D eigenvalue weighted by molar-refractivity contribution is 5.89. The number of hydrogen-bond acceptors (Lipinski definition) is 4. The van der Waals surface area contributed by atoms with E-state index < -0.39 is 0 Å². The summed E-state index contributed by atoms with van der Waals surface area (Å²) in [4.78, 5) is 18.7. The van der Waals surface area contributed by atoms with Gasteiger partial charge in [-0.3, -0.25) is 4.98 Å². The number of pyridine rings is 1. The van der Waals surface area contributed by atoms with Crippen molar-refractivity contribution in [2.45, 2.75) is 31.7 Å². The lowest BCUT2D eigenvalue weighted by molar-refractivity contribution is -0.0440. The number of rotatable bonds is 5. The number of urea groups is 1. The largest absolute Gasteiger partial charge is 0.346 e. The Balaban J connectivity index is 1.45. The van der Waals surface area contributed by atoms with Gasteiger partial charge < -0.3 is 19.7 Å². The number of ether oxygens (including phenoxy) is 2. The maximum absolute atomic E-state index is 12.8. The molecule has 1 N–H and O–H groups in total. The molecule has 25 heavy (non-hydrogen) atoms. The van der Waals surface area contributed by atoms with Crippen molar-refractivity contribution in [3.63, 3.8) is 0 Å². The molecule has 2 amide bonds. The molecule has 1 aromatic heterocycles. The number of nitrogens with one attached hydrogen (secondary N) is 1. The van der Waals surface area contributed by atoms with Gasteiger partial charge in [0.1, 0.15) is 0 Å². The van der Waals surface area contributed by atoms with Crippen LogP contribution >= 0.6 is 0 Å². The molecule has 1 aromatic carbocycles. The van der Waals surface area contributed by atoms with Gasteiger partial charge in [0.05, 0.1) is 13.2 Å². The molecule has 4 rings (SSSR count). The van der Waals surface area contributed by atoms with Crippen molar-refractivity contribution in [2.75, 3.05) is 18.5 Å². The van der Waals surface area contributed by atoms with Crippen LogP contribution in [0.5, 0.6) is 0 Å². The summed E-state index contributed by atoms with van der Waals surface area (Å²) in [6, 6.07) is 11.8. The number of hydrogen-bond donors (Lipinski definition) is 1. The molecule has 1 saturated heterocycles. The predicted octanol–water partition coefficient (Wildman–Crippen LogP) is 3.32. The Morgan fingerprint density at radius 1 is 1.16 bits per heavy atom. The van der Waals surface area contributed by atoms with Gasteiger partial charge in [-0.25, -0.2) is 4.79 Å². The molecule has 130 valence electrons. The van der Waals surface area contributed by atoms with Crippen LogP contribution in [0.1, 0.15) is 30.3 Å². The molecule has 0 unspecified atom stereocenters. The highest BCUT2D eigenvalue weighted by atomic mass is 16.7. The maximum Gasteiger partial charge on any atom is 0.322 e. The van der Waals surface area contributed by atoms with Crippen molar-refractivity contribution in [3.05, 3.63) is 59.9 Å². The number of anilines is 1. The minimum Gasteiger partial charge on any atom is -0.346 e. The Bertz CT molecular complexity index is 728. The number of benzene rings is 1. The Hall–Kier alpha value is -2.44. The molecule has 2 fully saturated rings. The van der Waals surface area contributed by atoms with E-state index in [9.17, 15) is 4.79 Å². The zero-order chi connectivity index (χ0) is 17.1. The summed E-state index contributed by atoms with van der Waals surface area (Å²) in [6.07, 6.45) is 5.28. The van der Waals surface area contributed by atoms with Gasteiger partial charge in [0.25, 0.3) is 0 Å². The van der Waals surface area contributed by atoms with Crippen LogP contribution in [0.3, 0.4) is 0 Å². The number of nitrogens with zero attached hydrogens (tertiary/aromatic N) is 2. The summed E-state index contributed by atoms with van der Waals surface area (Å²) in [6.45, 7) is 1.79. The molecular formula is C19H21N3O3. The lowest BCUT2D eigenvalue weighted by Gasteiger charge is -2.23. The first-order chi connectivity index (χ1) is 12.3. The van der Waals surface area contributed by atoms with Crippen LogP contribution in [0.25, 0.3) is 0 Å². The molecule has 1 aliphatic carbocycles. The summed E-state index contributed by atoms with van der Waals surface area (Å²) in [5, 5.41) is 3.01. The summed E-state index contributed by atoms with van der Waals surface area (Å²) in [5.41, 5.74) is 2.75. The Morgan fingerprint density at radius 3 is 2.64 bits per heavy atom. The zero-order valence-electron chi connectivity index (χ0n) is 13.9.